The van der Waals surface area contributed by atoms with E-state index in [1.54, 1.807) is 0 Å². The highest BCUT2D eigenvalue weighted by Gasteiger charge is 2.20. The van der Waals surface area contributed by atoms with Crippen LogP contribution in [-0.2, 0) is 4.79 Å². The number of carbonyl (C=O) groups excluding carboxylic acids is 1. The summed E-state index contributed by atoms with van der Waals surface area (Å²) in [5.74, 6) is 0.621. The van der Waals surface area contributed by atoms with Crippen molar-refractivity contribution in [2.24, 2.45) is 0 Å². The van der Waals surface area contributed by atoms with Crippen LogP contribution >= 0.6 is 11.6 Å². The monoisotopic (exact) mass is 312 g/mol. The van der Waals surface area contributed by atoms with E-state index in [0.29, 0.717) is 18.8 Å². The summed E-state index contributed by atoms with van der Waals surface area (Å²) in [6.45, 7) is 3.47. The first-order chi connectivity index (χ1) is 9.97. The number of nitrogens with one attached hydrogen (secondary N) is 1. The van der Waals surface area contributed by atoms with Crippen LogP contribution in [0.3, 0.4) is 0 Å². The molecule has 8 heteroatoms. The summed E-state index contributed by atoms with van der Waals surface area (Å²) in [7, 11) is 0. The summed E-state index contributed by atoms with van der Waals surface area (Å²) < 4.78 is 0. The van der Waals surface area contributed by atoms with Crippen molar-refractivity contribution in [1.82, 2.24) is 9.88 Å². The first-order valence-electron chi connectivity index (χ1n) is 6.81. The molecule has 1 aliphatic heterocycles. The van der Waals surface area contributed by atoms with Crippen molar-refractivity contribution in [2.75, 3.05) is 18.4 Å². The zero-order valence-corrected chi connectivity index (χ0v) is 12.5. The second kappa shape index (κ2) is 6.71. The van der Waals surface area contributed by atoms with Crippen LogP contribution in [0.2, 0.25) is 5.02 Å². The first kappa shape index (κ1) is 15.5. The van der Waals surface area contributed by atoms with Crippen LogP contribution in [0.25, 0.3) is 0 Å². The molecule has 1 N–H and O–H groups in total. The number of hydrogen-bond acceptors (Lipinski definition) is 5. The summed E-state index contributed by atoms with van der Waals surface area (Å²) in [5.41, 5.74) is -0.138. The Morgan fingerprint density at radius 3 is 2.95 bits per heavy atom. The van der Waals surface area contributed by atoms with E-state index in [9.17, 15) is 14.9 Å². The first-order valence-corrected chi connectivity index (χ1v) is 7.19. The number of nitro groups is 1. The quantitative estimate of drug-likeness (QED) is 0.644. The standard InChI is InChI=1S/C13H17ClN4O3/c1-9(4-6-17-5-2-3-12(17)19)16-13-11(14)7-10(8-15-13)18(20)21/h7-9H,2-6H2,1H3,(H,15,16)/t9-/m1/s1. The Bertz CT molecular complexity index is 552. The predicted molar refractivity (Wildman–Crippen MR) is 79.4 cm³/mol. The maximum atomic E-state index is 11.5. The molecule has 7 nitrogen and oxygen atoms in total. The molecule has 114 valence electrons. The topological polar surface area (TPSA) is 88.4 Å². The summed E-state index contributed by atoms with van der Waals surface area (Å²) in [6, 6.07) is 1.33. The van der Waals surface area contributed by atoms with Crippen LogP contribution in [0.1, 0.15) is 26.2 Å². The Morgan fingerprint density at radius 2 is 2.38 bits per heavy atom. The van der Waals surface area contributed by atoms with Crippen molar-refractivity contribution >= 4 is 29.0 Å². The van der Waals surface area contributed by atoms with Gasteiger partial charge in [-0.3, -0.25) is 14.9 Å². The highest BCUT2D eigenvalue weighted by molar-refractivity contribution is 6.33. The van der Waals surface area contributed by atoms with Crippen LogP contribution in [0, 0.1) is 10.1 Å². The summed E-state index contributed by atoms with van der Waals surface area (Å²) >= 11 is 5.97. The molecule has 1 amide bonds. The molecule has 1 fully saturated rings. The molecule has 1 aliphatic rings. The molecule has 21 heavy (non-hydrogen) atoms. The zero-order valence-electron chi connectivity index (χ0n) is 11.7. The van der Waals surface area contributed by atoms with Gasteiger partial charge in [0, 0.05) is 31.6 Å². The minimum atomic E-state index is -0.537. The van der Waals surface area contributed by atoms with Crippen molar-refractivity contribution in [2.45, 2.75) is 32.2 Å². The van der Waals surface area contributed by atoms with Crippen molar-refractivity contribution in [3.8, 4) is 0 Å². The lowest BCUT2D eigenvalue weighted by atomic mass is 10.2. The minimum absolute atomic E-state index is 0.0601. The van der Waals surface area contributed by atoms with Gasteiger partial charge < -0.3 is 10.2 Å². The molecule has 0 radical (unpaired) electrons. The third kappa shape index (κ3) is 4.04. The Morgan fingerprint density at radius 1 is 1.62 bits per heavy atom. The smallest absolute Gasteiger partial charge is 0.289 e. The Kier molecular flexibility index (Phi) is 4.95. The largest absolute Gasteiger partial charge is 0.366 e. The molecule has 1 saturated heterocycles. The minimum Gasteiger partial charge on any atom is -0.366 e. The van der Waals surface area contributed by atoms with Gasteiger partial charge in [0.05, 0.1) is 9.95 Å². The van der Waals surface area contributed by atoms with E-state index in [1.807, 2.05) is 11.8 Å². The van der Waals surface area contributed by atoms with Gasteiger partial charge in [0.1, 0.15) is 12.0 Å². The van der Waals surface area contributed by atoms with Gasteiger partial charge in [0.2, 0.25) is 5.91 Å². The van der Waals surface area contributed by atoms with E-state index in [4.69, 9.17) is 11.6 Å². The molecule has 0 saturated carbocycles. The maximum Gasteiger partial charge on any atom is 0.289 e. The van der Waals surface area contributed by atoms with Crippen LogP contribution < -0.4 is 5.32 Å². The number of rotatable bonds is 6. The number of pyridine rings is 1. The molecule has 2 heterocycles. The summed E-state index contributed by atoms with van der Waals surface area (Å²) in [4.78, 5) is 27.4. The number of amides is 1. The van der Waals surface area contributed by atoms with E-state index in [1.165, 1.54) is 12.3 Å². The van der Waals surface area contributed by atoms with Gasteiger partial charge in [-0.25, -0.2) is 4.98 Å². The number of carbonyl (C=O) groups is 1. The van der Waals surface area contributed by atoms with Gasteiger partial charge in [-0.2, -0.15) is 0 Å². The van der Waals surface area contributed by atoms with Crippen molar-refractivity contribution in [3.05, 3.63) is 27.4 Å². The van der Waals surface area contributed by atoms with E-state index < -0.39 is 4.92 Å². The average molecular weight is 313 g/mol. The Balaban J connectivity index is 1.88. The molecule has 0 aliphatic carbocycles. The molecule has 0 spiro atoms. The highest BCUT2D eigenvalue weighted by Crippen LogP contribution is 2.24. The number of halogens is 1. The fourth-order valence-corrected chi connectivity index (χ4v) is 2.44. The summed E-state index contributed by atoms with van der Waals surface area (Å²) in [6.07, 6.45) is 3.50. The molecule has 0 unspecified atom stereocenters. The lowest BCUT2D eigenvalue weighted by Gasteiger charge is -2.20. The van der Waals surface area contributed by atoms with Gasteiger partial charge in [0.15, 0.2) is 0 Å². The van der Waals surface area contributed by atoms with Gasteiger partial charge in [-0.05, 0) is 19.8 Å². The van der Waals surface area contributed by atoms with Gasteiger partial charge in [-0.15, -0.1) is 0 Å². The average Bonchev–Trinajstić information content (AvgIpc) is 2.84. The second-order valence-corrected chi connectivity index (χ2v) is 5.51. The number of anilines is 1. The molecule has 0 aromatic carbocycles. The predicted octanol–water partition coefficient (Wildman–Crippen LogP) is 2.46. The molecule has 2 rings (SSSR count). The van der Waals surface area contributed by atoms with Crippen molar-refractivity contribution < 1.29 is 9.72 Å². The van der Waals surface area contributed by atoms with Crippen molar-refractivity contribution in [3.63, 3.8) is 0 Å². The molecule has 1 atom stereocenters. The van der Waals surface area contributed by atoms with E-state index in [-0.39, 0.29) is 22.7 Å². The van der Waals surface area contributed by atoms with Crippen LogP contribution in [-0.4, -0.2) is 39.8 Å². The van der Waals surface area contributed by atoms with Crippen LogP contribution in [0.5, 0.6) is 0 Å². The van der Waals surface area contributed by atoms with E-state index in [0.717, 1.165) is 19.4 Å². The molecular formula is C13H17ClN4O3. The van der Waals surface area contributed by atoms with Crippen LogP contribution in [0.4, 0.5) is 11.5 Å². The molecule has 0 bridgehead atoms. The van der Waals surface area contributed by atoms with Gasteiger partial charge in [0.25, 0.3) is 5.69 Å². The number of aromatic nitrogens is 1. The van der Waals surface area contributed by atoms with E-state index in [2.05, 4.69) is 10.3 Å². The Hall–Kier alpha value is -1.89. The normalized spacial score (nSPS) is 16.1. The third-order valence-corrected chi connectivity index (χ3v) is 3.71. The SMILES string of the molecule is C[C@H](CCN1CCCC1=O)Nc1ncc([N+](=O)[O-])cc1Cl. The van der Waals surface area contributed by atoms with Crippen molar-refractivity contribution in [1.29, 1.82) is 0 Å². The second-order valence-electron chi connectivity index (χ2n) is 5.10. The lowest BCUT2D eigenvalue weighted by Crippen LogP contribution is -2.29. The van der Waals surface area contributed by atoms with Crippen LogP contribution in [0.15, 0.2) is 12.3 Å². The maximum absolute atomic E-state index is 11.5. The fraction of sp³-hybridized carbons (Fsp3) is 0.538. The van der Waals surface area contributed by atoms with E-state index >= 15 is 0 Å². The molecule has 1 aromatic rings. The Labute approximate surface area is 127 Å². The number of likely N-dealkylation sites (tertiary alicyclic amines) is 1. The number of hydrogen-bond donors (Lipinski definition) is 1. The number of nitrogens with zero attached hydrogens (tertiary/aromatic N) is 3. The lowest BCUT2D eigenvalue weighted by molar-refractivity contribution is -0.385. The third-order valence-electron chi connectivity index (χ3n) is 3.42. The fourth-order valence-electron chi connectivity index (χ4n) is 2.23. The van der Waals surface area contributed by atoms with Gasteiger partial charge in [-0.1, -0.05) is 11.6 Å². The van der Waals surface area contributed by atoms with Gasteiger partial charge >= 0.3 is 0 Å². The summed E-state index contributed by atoms with van der Waals surface area (Å²) in [5, 5.41) is 13.9. The highest BCUT2D eigenvalue weighted by atomic mass is 35.5. The zero-order chi connectivity index (χ0) is 15.4. The molecule has 1 aromatic heterocycles. The molecular weight excluding hydrogens is 296 g/mol.